The van der Waals surface area contributed by atoms with Crippen LogP contribution in [0.2, 0.25) is 0 Å². The van der Waals surface area contributed by atoms with Crippen molar-refractivity contribution in [1.82, 2.24) is 15.2 Å². The molecule has 1 N–H and O–H groups in total. The lowest BCUT2D eigenvalue weighted by atomic mass is 10.2. The number of amides is 1. The maximum Gasteiger partial charge on any atom is 0.250 e. The van der Waals surface area contributed by atoms with E-state index in [2.05, 4.69) is 20.5 Å². The van der Waals surface area contributed by atoms with E-state index in [1.165, 1.54) is 17.4 Å². The van der Waals surface area contributed by atoms with Gasteiger partial charge in [0, 0.05) is 12.3 Å². The summed E-state index contributed by atoms with van der Waals surface area (Å²) in [5, 5.41) is 11.8. The first-order chi connectivity index (χ1) is 13.5. The summed E-state index contributed by atoms with van der Waals surface area (Å²) in [4.78, 5) is 16.4. The SMILES string of the molecule is COc1cc(/C=C/C(=O)Nc2nnc(-c3ccccn3)s2)ccc1OC(C)C. The maximum atomic E-state index is 12.2. The van der Waals surface area contributed by atoms with Crippen LogP contribution in [-0.2, 0) is 4.79 Å². The number of methoxy groups -OCH3 is 1. The molecule has 0 atom stereocenters. The van der Waals surface area contributed by atoms with Crippen molar-refractivity contribution in [1.29, 1.82) is 0 Å². The average Bonchev–Trinajstić information content (AvgIpc) is 3.16. The Morgan fingerprint density at radius 1 is 1.18 bits per heavy atom. The number of aromatic nitrogens is 3. The number of benzene rings is 1. The molecule has 2 aromatic heterocycles. The summed E-state index contributed by atoms with van der Waals surface area (Å²) in [5.41, 5.74) is 1.53. The molecule has 0 radical (unpaired) electrons. The summed E-state index contributed by atoms with van der Waals surface area (Å²) in [5.74, 6) is 0.973. The van der Waals surface area contributed by atoms with E-state index in [9.17, 15) is 4.79 Å². The van der Waals surface area contributed by atoms with Crippen LogP contribution in [0.3, 0.4) is 0 Å². The largest absolute Gasteiger partial charge is 0.493 e. The van der Waals surface area contributed by atoms with Gasteiger partial charge in [-0.2, -0.15) is 0 Å². The number of hydrogen-bond acceptors (Lipinski definition) is 7. The van der Waals surface area contributed by atoms with Gasteiger partial charge in [-0.25, -0.2) is 0 Å². The van der Waals surface area contributed by atoms with Gasteiger partial charge in [-0.15, -0.1) is 10.2 Å². The molecule has 0 bridgehead atoms. The predicted molar refractivity (Wildman–Crippen MR) is 110 cm³/mol. The molecule has 0 aliphatic rings. The fourth-order valence-electron chi connectivity index (χ4n) is 2.32. The number of ether oxygens (including phenoxy) is 2. The molecule has 0 spiro atoms. The van der Waals surface area contributed by atoms with Crippen molar-refractivity contribution in [3.05, 3.63) is 54.2 Å². The predicted octanol–water partition coefficient (Wildman–Crippen LogP) is 4.05. The second-order valence-corrected chi connectivity index (χ2v) is 7.00. The monoisotopic (exact) mass is 396 g/mol. The van der Waals surface area contributed by atoms with Crippen LogP contribution >= 0.6 is 11.3 Å². The molecule has 7 nitrogen and oxygen atoms in total. The van der Waals surface area contributed by atoms with Crippen molar-refractivity contribution in [2.45, 2.75) is 20.0 Å². The zero-order chi connectivity index (χ0) is 19.9. The fraction of sp³-hybridized carbons (Fsp3) is 0.200. The van der Waals surface area contributed by atoms with Gasteiger partial charge in [0.1, 0.15) is 5.69 Å². The molecule has 144 valence electrons. The first-order valence-corrected chi connectivity index (χ1v) is 9.45. The van der Waals surface area contributed by atoms with Crippen molar-refractivity contribution in [3.8, 4) is 22.2 Å². The highest BCUT2D eigenvalue weighted by molar-refractivity contribution is 7.18. The topological polar surface area (TPSA) is 86.2 Å². The van der Waals surface area contributed by atoms with E-state index in [0.29, 0.717) is 27.3 Å². The van der Waals surface area contributed by atoms with Crippen LogP contribution in [0.1, 0.15) is 19.4 Å². The van der Waals surface area contributed by atoms with Crippen LogP contribution in [0, 0.1) is 0 Å². The first kappa shape index (κ1) is 19.5. The summed E-state index contributed by atoms with van der Waals surface area (Å²) < 4.78 is 11.0. The highest BCUT2D eigenvalue weighted by Crippen LogP contribution is 2.29. The molecule has 0 fully saturated rings. The first-order valence-electron chi connectivity index (χ1n) is 8.64. The van der Waals surface area contributed by atoms with Crippen LogP contribution < -0.4 is 14.8 Å². The molecule has 3 rings (SSSR count). The number of carbonyl (C=O) groups excluding carboxylic acids is 1. The summed E-state index contributed by atoms with van der Waals surface area (Å²) in [6.45, 7) is 3.90. The molecule has 0 aliphatic carbocycles. The summed E-state index contributed by atoms with van der Waals surface area (Å²) in [6, 6.07) is 11.0. The minimum atomic E-state index is -0.301. The van der Waals surface area contributed by atoms with E-state index in [-0.39, 0.29) is 12.0 Å². The van der Waals surface area contributed by atoms with Gasteiger partial charge in [-0.05, 0) is 49.8 Å². The van der Waals surface area contributed by atoms with E-state index in [1.54, 1.807) is 19.4 Å². The van der Waals surface area contributed by atoms with Gasteiger partial charge in [0.05, 0.1) is 13.2 Å². The Balaban J connectivity index is 1.65. The van der Waals surface area contributed by atoms with Crippen molar-refractivity contribution >= 4 is 28.5 Å². The molecular weight excluding hydrogens is 376 g/mol. The normalized spacial score (nSPS) is 11.0. The van der Waals surface area contributed by atoms with Crippen molar-refractivity contribution < 1.29 is 14.3 Å². The Kier molecular flexibility index (Phi) is 6.33. The standard InChI is InChI=1S/C20H20N4O3S/c1-13(2)27-16-9-7-14(12-17(16)26-3)8-10-18(25)22-20-24-23-19(28-20)15-6-4-5-11-21-15/h4-13H,1-3H3,(H,22,24,25)/b10-8+. The van der Waals surface area contributed by atoms with E-state index >= 15 is 0 Å². The maximum absolute atomic E-state index is 12.2. The lowest BCUT2D eigenvalue weighted by molar-refractivity contribution is -0.111. The molecule has 28 heavy (non-hydrogen) atoms. The van der Waals surface area contributed by atoms with E-state index in [0.717, 1.165) is 5.56 Å². The Morgan fingerprint density at radius 2 is 2.04 bits per heavy atom. The second kappa shape index (κ2) is 9.09. The van der Waals surface area contributed by atoms with E-state index < -0.39 is 0 Å². The van der Waals surface area contributed by atoms with Crippen LogP contribution in [0.4, 0.5) is 5.13 Å². The number of nitrogens with one attached hydrogen (secondary N) is 1. The minimum Gasteiger partial charge on any atom is -0.493 e. The van der Waals surface area contributed by atoms with Gasteiger partial charge in [0.15, 0.2) is 16.5 Å². The van der Waals surface area contributed by atoms with Crippen molar-refractivity contribution in [2.24, 2.45) is 0 Å². The van der Waals surface area contributed by atoms with Crippen LogP contribution in [-0.4, -0.2) is 34.3 Å². The Hall–Kier alpha value is -3.26. The fourth-order valence-corrected chi connectivity index (χ4v) is 3.05. The second-order valence-electron chi connectivity index (χ2n) is 6.03. The van der Waals surface area contributed by atoms with Crippen molar-refractivity contribution in [2.75, 3.05) is 12.4 Å². The van der Waals surface area contributed by atoms with Crippen LogP contribution in [0.25, 0.3) is 16.8 Å². The molecule has 1 aromatic carbocycles. The van der Waals surface area contributed by atoms with Gasteiger partial charge in [-0.3, -0.25) is 15.1 Å². The van der Waals surface area contributed by atoms with E-state index in [1.807, 2.05) is 50.2 Å². The number of rotatable bonds is 7. The Morgan fingerprint density at radius 3 is 2.75 bits per heavy atom. The number of pyridine rings is 1. The number of anilines is 1. The average molecular weight is 396 g/mol. The van der Waals surface area contributed by atoms with E-state index in [4.69, 9.17) is 9.47 Å². The zero-order valence-electron chi connectivity index (χ0n) is 15.7. The third-order valence-electron chi connectivity index (χ3n) is 3.52. The van der Waals surface area contributed by atoms with Crippen LogP contribution in [0.15, 0.2) is 48.7 Å². The summed E-state index contributed by atoms with van der Waals surface area (Å²) in [7, 11) is 1.58. The lowest BCUT2D eigenvalue weighted by Crippen LogP contribution is -2.07. The number of hydrogen-bond donors (Lipinski definition) is 1. The molecule has 0 saturated carbocycles. The summed E-state index contributed by atoms with van der Waals surface area (Å²) in [6.07, 6.45) is 4.85. The zero-order valence-corrected chi connectivity index (χ0v) is 16.6. The molecule has 0 aliphatic heterocycles. The number of nitrogens with zero attached hydrogens (tertiary/aromatic N) is 3. The molecular formula is C20H20N4O3S. The third-order valence-corrected chi connectivity index (χ3v) is 4.38. The molecule has 0 saturated heterocycles. The van der Waals surface area contributed by atoms with Crippen molar-refractivity contribution in [3.63, 3.8) is 0 Å². The smallest absolute Gasteiger partial charge is 0.250 e. The highest BCUT2D eigenvalue weighted by atomic mass is 32.1. The quantitative estimate of drug-likeness (QED) is 0.607. The summed E-state index contributed by atoms with van der Waals surface area (Å²) >= 11 is 1.26. The van der Waals surface area contributed by atoms with Crippen LogP contribution in [0.5, 0.6) is 11.5 Å². The Bertz CT molecular complexity index is 971. The molecule has 3 aromatic rings. The minimum absolute atomic E-state index is 0.0453. The third kappa shape index (κ3) is 5.14. The molecule has 8 heteroatoms. The van der Waals surface area contributed by atoms with Gasteiger partial charge in [-0.1, -0.05) is 23.5 Å². The van der Waals surface area contributed by atoms with Gasteiger partial charge in [0.25, 0.3) is 0 Å². The number of carbonyl (C=O) groups is 1. The molecule has 2 heterocycles. The molecule has 1 amide bonds. The Labute approximate surface area is 167 Å². The molecule has 0 unspecified atom stereocenters. The van der Waals surface area contributed by atoms with Gasteiger partial charge < -0.3 is 9.47 Å². The lowest BCUT2D eigenvalue weighted by Gasteiger charge is -2.13. The van der Waals surface area contributed by atoms with Gasteiger partial charge >= 0.3 is 0 Å². The highest BCUT2D eigenvalue weighted by Gasteiger charge is 2.09. The van der Waals surface area contributed by atoms with Gasteiger partial charge in [0.2, 0.25) is 11.0 Å².